The minimum absolute atomic E-state index is 0.0117. The summed E-state index contributed by atoms with van der Waals surface area (Å²) in [5, 5.41) is 7.63. The van der Waals surface area contributed by atoms with Gasteiger partial charge in [0.25, 0.3) is 34.4 Å². The number of carbonyl (C=O) groups excluding carboxylic acids is 6. The number of rotatable bonds is 23. The van der Waals surface area contributed by atoms with Crippen LogP contribution in [-0.4, -0.2) is 232 Å². The second-order valence-corrected chi connectivity index (χ2v) is 37.7. The van der Waals surface area contributed by atoms with Crippen molar-refractivity contribution < 1.29 is 137 Å². The number of hydrogen-bond acceptors (Lipinski definition) is 23. The van der Waals surface area contributed by atoms with Gasteiger partial charge < -0.3 is 96.8 Å². The molecule has 802 valence electrons. The summed E-state index contributed by atoms with van der Waals surface area (Å²) >= 11 is 0. The van der Waals surface area contributed by atoms with Crippen molar-refractivity contribution in [1.29, 1.82) is 0 Å². The molecule has 0 spiro atoms. The number of methoxy groups -OCH3 is 3. The highest BCUT2D eigenvalue weighted by Gasteiger charge is 2.50. The van der Waals surface area contributed by atoms with Gasteiger partial charge in [0.1, 0.15) is 71.0 Å². The van der Waals surface area contributed by atoms with E-state index < -0.39 is 162 Å². The molecular formula is C105H114F15N11O18. The summed E-state index contributed by atoms with van der Waals surface area (Å²) in [5.41, 5.74) is 5.88. The van der Waals surface area contributed by atoms with E-state index >= 15 is 13.2 Å². The fourth-order valence-electron chi connectivity index (χ4n) is 20.0. The van der Waals surface area contributed by atoms with Crippen molar-refractivity contribution in [2.75, 3.05) is 152 Å². The molecule has 4 saturated heterocycles. The summed E-state index contributed by atoms with van der Waals surface area (Å²) in [7, 11) is 11.9. The lowest BCUT2D eigenvalue weighted by Gasteiger charge is -2.38. The third-order valence-corrected chi connectivity index (χ3v) is 28.0. The van der Waals surface area contributed by atoms with E-state index in [-0.39, 0.29) is 133 Å². The number of morpholine rings is 3. The van der Waals surface area contributed by atoms with Crippen LogP contribution in [0.4, 0.5) is 94.3 Å². The predicted octanol–water partition coefficient (Wildman–Crippen LogP) is 14.5. The van der Waals surface area contributed by atoms with Crippen LogP contribution in [0.15, 0.2) is 106 Å². The molecule has 3 amide bonds. The zero-order valence-corrected chi connectivity index (χ0v) is 84.2. The molecule has 4 fully saturated rings. The first-order chi connectivity index (χ1) is 70.4. The highest BCUT2D eigenvalue weighted by Crippen LogP contribution is 2.47. The predicted molar refractivity (Wildman–Crippen MR) is 522 cm³/mol. The topological polar surface area (TPSA) is 304 Å². The van der Waals surface area contributed by atoms with Crippen LogP contribution >= 0.6 is 0 Å². The number of aryl methyl sites for hydroxylation is 5. The number of amides is 3. The van der Waals surface area contributed by atoms with Crippen molar-refractivity contribution >= 4 is 64.1 Å². The first-order valence-corrected chi connectivity index (χ1v) is 48.1. The van der Waals surface area contributed by atoms with Crippen LogP contribution in [0.2, 0.25) is 0 Å². The third-order valence-electron chi connectivity index (χ3n) is 28.0. The Labute approximate surface area is 846 Å². The molecule has 3 aromatic heterocycles. The number of aromatic nitrogens is 3. The summed E-state index contributed by atoms with van der Waals surface area (Å²) in [4.78, 5) is 127. The number of carbonyl (C=O) groups is 6. The molecule has 10 heterocycles. The Morgan fingerprint density at radius 1 is 0.430 bits per heavy atom. The maximum atomic E-state index is 15.6. The lowest BCUT2D eigenvalue weighted by Crippen LogP contribution is -2.53. The third kappa shape index (κ3) is 23.6. The average molecular weight is 2100 g/mol. The summed E-state index contributed by atoms with van der Waals surface area (Å²) in [6.45, 7) is 9.76. The molecule has 9 aromatic rings. The molecule has 7 aliphatic heterocycles. The second-order valence-electron chi connectivity index (χ2n) is 37.7. The summed E-state index contributed by atoms with van der Waals surface area (Å²) in [6.07, 6.45) is -13.7. The van der Waals surface area contributed by atoms with Crippen molar-refractivity contribution in [3.8, 4) is 50.6 Å². The molecule has 7 aliphatic rings. The van der Waals surface area contributed by atoms with Gasteiger partial charge in [-0.2, -0.15) is 52.7 Å². The highest BCUT2D eigenvalue weighted by atomic mass is 19.4. The Morgan fingerprint density at radius 3 is 1.11 bits per heavy atom. The van der Waals surface area contributed by atoms with Gasteiger partial charge in [0.05, 0.1) is 131 Å². The fourth-order valence-corrected chi connectivity index (χ4v) is 20.0. The van der Waals surface area contributed by atoms with Crippen LogP contribution in [0.25, 0.3) is 33.4 Å². The molecule has 149 heavy (non-hydrogen) atoms. The minimum Gasteiger partial charge on any atom is -0.493 e. The number of pyridine rings is 3. The Hall–Kier alpha value is -13.8. The van der Waals surface area contributed by atoms with E-state index in [2.05, 4.69) is 20.9 Å². The fraction of sp³-hybridized carbons (Fsp3) is 0.457. The van der Waals surface area contributed by atoms with E-state index in [1.54, 1.807) is 41.4 Å². The molecule has 0 saturated carbocycles. The van der Waals surface area contributed by atoms with Gasteiger partial charge in [0, 0.05) is 139 Å². The molecule has 0 aliphatic carbocycles. The number of nitrogens with zero attached hydrogens (tertiary/aromatic N) is 8. The van der Waals surface area contributed by atoms with Crippen molar-refractivity contribution in [2.45, 2.75) is 167 Å². The Balaban J connectivity index is 0.000000176. The second kappa shape index (κ2) is 45.3. The normalized spacial score (nSPS) is 17.3. The lowest BCUT2D eigenvalue weighted by molar-refractivity contribution is -0.167. The van der Waals surface area contributed by atoms with Crippen LogP contribution in [-0.2, 0) is 109 Å². The number of anilines is 5. The van der Waals surface area contributed by atoms with Gasteiger partial charge in [-0.3, -0.25) is 28.8 Å². The summed E-state index contributed by atoms with van der Waals surface area (Å²) in [5.74, 6) is -7.25. The number of halogens is 15. The Kier molecular flexibility index (Phi) is 33.7. The van der Waals surface area contributed by atoms with E-state index in [9.17, 15) is 95.8 Å². The Morgan fingerprint density at radius 2 is 0.785 bits per heavy atom. The molecule has 6 aromatic carbocycles. The maximum Gasteiger partial charge on any atom is 0.418 e. The van der Waals surface area contributed by atoms with Crippen LogP contribution < -0.4 is 71.3 Å². The number of benzene rings is 6. The number of esters is 3. The summed E-state index contributed by atoms with van der Waals surface area (Å²) < 4.78 is 263. The van der Waals surface area contributed by atoms with Crippen molar-refractivity contribution in [3.63, 3.8) is 0 Å². The molecule has 0 unspecified atom stereocenters. The van der Waals surface area contributed by atoms with E-state index in [0.29, 0.717) is 108 Å². The van der Waals surface area contributed by atoms with Crippen molar-refractivity contribution in [3.05, 3.63) is 229 Å². The van der Waals surface area contributed by atoms with Crippen LogP contribution in [0.5, 0.6) is 17.2 Å². The maximum absolute atomic E-state index is 15.6. The number of hydrogen-bond donors (Lipinski definition) is 3. The van der Waals surface area contributed by atoms with E-state index in [4.69, 9.17) is 42.6 Å². The number of fused-ring (bicyclic) bond motifs is 3. The van der Waals surface area contributed by atoms with Gasteiger partial charge in [-0.15, -0.1) is 0 Å². The first-order valence-electron chi connectivity index (χ1n) is 48.1. The van der Waals surface area contributed by atoms with E-state index in [1.807, 2.05) is 51.0 Å². The van der Waals surface area contributed by atoms with Crippen LogP contribution in [0.1, 0.15) is 129 Å². The molecule has 3 N–H and O–H groups in total. The van der Waals surface area contributed by atoms with Gasteiger partial charge in [-0.25, -0.2) is 27.6 Å². The standard InChI is InChI=1S/C36H40F4N4O6.C35H40F4N4O6.C34H34F7N3O6/c1-20-15-23(44-12-14-49-19-29(44)36(38,39)40)18-26(37)30(20)33(45)41-27(35(47)48-4)17-22-8-9-25(32-24(22)7-5-13-50-32)31-28(43-10-6-11-43)16-21(2)42(3)34(31)46;1-19-14-22(43-11-13-48-18-29(43)35(37,38)39)16-26(36)30(19)32(44)40-27(34(46)47-6)15-21-9-10-24(31-23(21)8-7-12-49-31)25-17-28(41(3)4)20(2)42(5)33(25)45;1-17-12-20(44-9-11-49-16-26(44)34(39,40)41)14-24(35)27(17)30(45)42-25(32(47)48-4)13-19-7-8-22(29-21(19)6-5-10-50-29)28-18(2)23(33(36,37)38)15-43(3)31(28)46/h8-9,15-16,18,27,29H,5-7,10-14,17,19H2,1-4H3,(H,41,45);9-10,14,16-17,27,29H,7-8,11-13,15,18H2,1-6H3,(H,40,44);7-8,12,14-15,25-26H,5-6,9-11,13,16H2,1-4H3,(H,42,45)/t2*27-,29+;25-,26+/m000/s1. The van der Waals surface area contributed by atoms with Gasteiger partial charge in [0.15, 0.2) is 0 Å². The van der Waals surface area contributed by atoms with Gasteiger partial charge in [-0.05, 0) is 191 Å². The monoisotopic (exact) mass is 2100 g/mol. The van der Waals surface area contributed by atoms with E-state index in [0.717, 1.165) is 104 Å². The van der Waals surface area contributed by atoms with E-state index in [1.165, 1.54) is 79.3 Å². The Bertz CT molecular complexity index is 6770. The smallest absolute Gasteiger partial charge is 0.418 e. The molecule has 0 bridgehead atoms. The van der Waals surface area contributed by atoms with Crippen molar-refractivity contribution in [1.82, 2.24) is 29.7 Å². The van der Waals surface area contributed by atoms with Gasteiger partial charge >= 0.3 is 42.6 Å². The number of ether oxygens (including phenoxy) is 9. The molecule has 44 heteroatoms. The van der Waals surface area contributed by atoms with Crippen molar-refractivity contribution in [2.24, 2.45) is 21.1 Å². The average Bonchev–Trinajstić information content (AvgIpc) is 0.750. The molecule has 0 radical (unpaired) electrons. The SMILES string of the molecule is COC(=O)[C@H](Cc1ccc(-c2c(C)c(C(F)(F)F)cn(C)c2=O)c2c1CCCO2)NC(=O)c1c(C)cc(N2CCOC[C@@H]2C(F)(F)F)cc1F.COC(=O)[C@H](Cc1ccc(-c2c(N3CCC3)cc(C)n(C)c2=O)c2c1CCCO2)NC(=O)c1c(C)cc(N2CCOC[C@@H]2C(F)(F)F)cc1F.COC(=O)[C@H](Cc1ccc(-c2cc(N(C)C)c(C)n(C)c2=O)c2c1CCCO2)NC(=O)c1c(C)cc(N2CCOC[C@@H]2C(F)(F)F)cc1F. The molecular weight excluding hydrogens is 1990 g/mol. The van der Waals surface area contributed by atoms with Gasteiger partial charge in [0.2, 0.25) is 0 Å². The number of alkyl halides is 12. The molecule has 29 nitrogen and oxygen atoms in total. The largest absolute Gasteiger partial charge is 0.493 e. The van der Waals surface area contributed by atoms with Crippen LogP contribution in [0, 0.1) is 59.0 Å². The quantitative estimate of drug-likeness (QED) is 0.0304. The molecule has 16 rings (SSSR count). The highest BCUT2D eigenvalue weighted by molar-refractivity contribution is 6.01. The number of nitrogens with one attached hydrogen (secondary N) is 3. The van der Waals surface area contributed by atoms with Crippen LogP contribution in [0.3, 0.4) is 0 Å². The zero-order chi connectivity index (χ0) is 108. The lowest BCUT2D eigenvalue weighted by atomic mass is 9.89. The first kappa shape index (κ1) is 111. The zero-order valence-electron chi connectivity index (χ0n) is 84.2. The van der Waals surface area contributed by atoms with Gasteiger partial charge in [-0.1, -0.05) is 36.4 Å². The molecule has 6 atom stereocenters. The minimum atomic E-state index is -4.73. The summed E-state index contributed by atoms with van der Waals surface area (Å²) in [6, 6.07) is 10.6.